The van der Waals surface area contributed by atoms with Crippen molar-refractivity contribution >= 4 is 17.3 Å². The lowest BCUT2D eigenvalue weighted by molar-refractivity contribution is 0.217. The molecule has 0 saturated heterocycles. The van der Waals surface area contributed by atoms with Gasteiger partial charge < -0.3 is 14.8 Å². The van der Waals surface area contributed by atoms with Crippen LogP contribution in [0.15, 0.2) is 48.5 Å². The highest BCUT2D eigenvalue weighted by Crippen LogP contribution is 2.20. The zero-order valence-electron chi connectivity index (χ0n) is 13.9. The maximum absolute atomic E-state index is 5.87. The molecule has 0 aliphatic heterocycles. The molecule has 0 aromatic heterocycles. The van der Waals surface area contributed by atoms with E-state index in [1.54, 1.807) is 0 Å². The van der Waals surface area contributed by atoms with Crippen LogP contribution >= 0.6 is 11.6 Å². The van der Waals surface area contributed by atoms with Crippen LogP contribution in [-0.4, -0.2) is 18.8 Å². The van der Waals surface area contributed by atoms with E-state index in [0.717, 1.165) is 23.6 Å². The summed E-state index contributed by atoms with van der Waals surface area (Å²) in [5, 5.41) is 4.09. The largest absolute Gasteiger partial charge is 0.491 e. The molecule has 2 aromatic carbocycles. The van der Waals surface area contributed by atoms with E-state index in [1.165, 1.54) is 0 Å². The first-order chi connectivity index (χ1) is 11.1. The Morgan fingerprint density at radius 2 is 1.65 bits per heavy atom. The molecule has 124 valence electrons. The second kappa shape index (κ2) is 8.68. The van der Waals surface area contributed by atoms with Crippen molar-refractivity contribution in [2.45, 2.75) is 39.4 Å². The first kappa shape index (κ1) is 17.5. The predicted octanol–water partition coefficient (Wildman–Crippen LogP) is 5.40. The summed E-state index contributed by atoms with van der Waals surface area (Å²) in [6, 6.07) is 15.4. The number of nitrogens with one attached hydrogen (secondary N) is 1. The summed E-state index contributed by atoms with van der Waals surface area (Å²) >= 11 is 5.87. The van der Waals surface area contributed by atoms with Crippen LogP contribution < -0.4 is 14.8 Å². The van der Waals surface area contributed by atoms with E-state index >= 15 is 0 Å². The summed E-state index contributed by atoms with van der Waals surface area (Å²) in [5.41, 5.74) is 1.03. The predicted molar refractivity (Wildman–Crippen MR) is 96.9 cm³/mol. The third kappa shape index (κ3) is 6.03. The molecule has 0 aliphatic rings. The van der Waals surface area contributed by atoms with Gasteiger partial charge in [0.15, 0.2) is 0 Å². The fourth-order valence-electron chi connectivity index (χ4n) is 2.04. The van der Waals surface area contributed by atoms with Crippen LogP contribution in [0.25, 0.3) is 0 Å². The van der Waals surface area contributed by atoms with Crippen molar-refractivity contribution in [3.8, 4) is 11.5 Å². The van der Waals surface area contributed by atoms with Gasteiger partial charge in [0.25, 0.3) is 0 Å². The number of anilines is 1. The van der Waals surface area contributed by atoms with Gasteiger partial charge in [0.05, 0.1) is 12.6 Å². The van der Waals surface area contributed by atoms with Gasteiger partial charge in [-0.2, -0.15) is 0 Å². The minimum Gasteiger partial charge on any atom is -0.491 e. The Bertz CT molecular complexity index is 601. The second-order valence-electron chi connectivity index (χ2n) is 5.63. The lowest BCUT2D eigenvalue weighted by atomic mass is 10.2. The second-order valence-corrected chi connectivity index (χ2v) is 6.06. The molecular weight excluding hydrogens is 310 g/mol. The summed E-state index contributed by atoms with van der Waals surface area (Å²) in [5.74, 6) is 1.70. The van der Waals surface area contributed by atoms with Crippen LogP contribution in [0.2, 0.25) is 5.02 Å². The average Bonchev–Trinajstić information content (AvgIpc) is 2.55. The normalized spacial score (nSPS) is 13.2. The Hall–Kier alpha value is -1.87. The van der Waals surface area contributed by atoms with Gasteiger partial charge in [-0.15, -0.1) is 0 Å². The number of rotatable bonds is 8. The van der Waals surface area contributed by atoms with Gasteiger partial charge in [-0.1, -0.05) is 24.6 Å². The molecule has 2 atom stereocenters. The minimum absolute atomic E-state index is 0.0373. The highest BCUT2D eigenvalue weighted by Gasteiger charge is 2.06. The Morgan fingerprint density at radius 1 is 0.957 bits per heavy atom. The van der Waals surface area contributed by atoms with Gasteiger partial charge in [0.2, 0.25) is 0 Å². The van der Waals surface area contributed by atoms with E-state index in [0.29, 0.717) is 11.6 Å². The molecular formula is C19H24ClNO2. The molecule has 4 heteroatoms. The average molecular weight is 334 g/mol. The maximum atomic E-state index is 5.87. The highest BCUT2D eigenvalue weighted by atomic mass is 35.5. The quantitative estimate of drug-likeness (QED) is 0.702. The lowest BCUT2D eigenvalue weighted by Crippen LogP contribution is -2.22. The van der Waals surface area contributed by atoms with Crippen molar-refractivity contribution in [2.75, 3.05) is 11.9 Å². The molecule has 0 amide bonds. The molecule has 0 aliphatic carbocycles. The zero-order valence-corrected chi connectivity index (χ0v) is 14.6. The van der Waals surface area contributed by atoms with Crippen molar-refractivity contribution in [1.29, 1.82) is 0 Å². The van der Waals surface area contributed by atoms with Crippen LogP contribution in [-0.2, 0) is 0 Å². The molecule has 0 saturated carbocycles. The van der Waals surface area contributed by atoms with Gasteiger partial charge in [-0.3, -0.25) is 0 Å². The van der Waals surface area contributed by atoms with Gasteiger partial charge in [-0.05, 0) is 56.7 Å². The van der Waals surface area contributed by atoms with E-state index in [2.05, 4.69) is 19.2 Å². The summed E-state index contributed by atoms with van der Waals surface area (Å²) in [4.78, 5) is 0. The number of hydrogen-bond donors (Lipinski definition) is 1. The van der Waals surface area contributed by atoms with Gasteiger partial charge >= 0.3 is 0 Å². The smallest absolute Gasteiger partial charge is 0.121 e. The fourth-order valence-corrected chi connectivity index (χ4v) is 2.17. The van der Waals surface area contributed by atoms with Crippen molar-refractivity contribution in [3.05, 3.63) is 53.6 Å². The Balaban J connectivity index is 1.85. The number of halogens is 1. The van der Waals surface area contributed by atoms with Crippen molar-refractivity contribution in [1.82, 2.24) is 0 Å². The highest BCUT2D eigenvalue weighted by molar-refractivity contribution is 6.30. The molecule has 3 nitrogen and oxygen atoms in total. The third-order valence-corrected chi connectivity index (χ3v) is 3.74. The first-order valence-electron chi connectivity index (χ1n) is 7.99. The standard InChI is InChI=1S/C19H24ClNO2/c1-4-14(2)22-19-7-5-6-17(12-19)21-13-15(3)23-18-10-8-16(20)9-11-18/h5-12,14-15,21H,4,13H2,1-3H3. The molecule has 2 rings (SSSR count). The molecule has 2 unspecified atom stereocenters. The molecule has 0 radical (unpaired) electrons. The molecule has 23 heavy (non-hydrogen) atoms. The van der Waals surface area contributed by atoms with Crippen molar-refractivity contribution in [2.24, 2.45) is 0 Å². The Kier molecular flexibility index (Phi) is 6.60. The summed E-state index contributed by atoms with van der Waals surface area (Å²) in [6.45, 7) is 6.92. The topological polar surface area (TPSA) is 30.5 Å². The molecule has 0 spiro atoms. The SMILES string of the molecule is CCC(C)Oc1cccc(NCC(C)Oc2ccc(Cl)cc2)c1. The zero-order chi connectivity index (χ0) is 16.7. The first-order valence-corrected chi connectivity index (χ1v) is 8.37. The van der Waals surface area contributed by atoms with Gasteiger partial charge in [0, 0.05) is 16.8 Å². The number of hydrogen-bond acceptors (Lipinski definition) is 3. The molecule has 0 heterocycles. The molecule has 0 fully saturated rings. The monoisotopic (exact) mass is 333 g/mol. The molecule has 0 bridgehead atoms. The molecule has 1 N–H and O–H groups in total. The van der Waals surface area contributed by atoms with E-state index in [1.807, 2.05) is 55.5 Å². The van der Waals surface area contributed by atoms with Crippen LogP contribution in [0.4, 0.5) is 5.69 Å². The lowest BCUT2D eigenvalue weighted by Gasteiger charge is -2.17. The van der Waals surface area contributed by atoms with Crippen LogP contribution in [0.3, 0.4) is 0 Å². The number of ether oxygens (including phenoxy) is 2. The van der Waals surface area contributed by atoms with E-state index < -0.39 is 0 Å². The Morgan fingerprint density at radius 3 is 2.35 bits per heavy atom. The minimum atomic E-state index is 0.0373. The van der Waals surface area contributed by atoms with Crippen LogP contribution in [0.1, 0.15) is 27.2 Å². The van der Waals surface area contributed by atoms with Gasteiger partial charge in [0.1, 0.15) is 17.6 Å². The van der Waals surface area contributed by atoms with E-state index in [9.17, 15) is 0 Å². The number of benzene rings is 2. The van der Waals surface area contributed by atoms with Crippen LogP contribution in [0, 0.1) is 0 Å². The Labute approximate surface area is 143 Å². The van der Waals surface area contributed by atoms with Gasteiger partial charge in [-0.25, -0.2) is 0 Å². The summed E-state index contributed by atoms with van der Waals surface area (Å²) < 4.78 is 11.7. The van der Waals surface area contributed by atoms with Crippen molar-refractivity contribution < 1.29 is 9.47 Å². The van der Waals surface area contributed by atoms with Crippen LogP contribution in [0.5, 0.6) is 11.5 Å². The fraction of sp³-hybridized carbons (Fsp3) is 0.368. The van der Waals surface area contributed by atoms with E-state index in [-0.39, 0.29) is 12.2 Å². The molecule has 2 aromatic rings. The summed E-state index contributed by atoms with van der Waals surface area (Å²) in [7, 11) is 0. The van der Waals surface area contributed by atoms with Crippen molar-refractivity contribution in [3.63, 3.8) is 0 Å². The van der Waals surface area contributed by atoms with E-state index in [4.69, 9.17) is 21.1 Å². The maximum Gasteiger partial charge on any atom is 0.121 e. The third-order valence-electron chi connectivity index (χ3n) is 3.49. The summed E-state index contributed by atoms with van der Waals surface area (Å²) in [6.07, 6.45) is 1.25.